The van der Waals surface area contributed by atoms with E-state index in [2.05, 4.69) is 15.1 Å². The smallest absolute Gasteiger partial charge is 0.222 e. The number of benzene rings is 1. The summed E-state index contributed by atoms with van der Waals surface area (Å²) >= 11 is 0. The summed E-state index contributed by atoms with van der Waals surface area (Å²) in [5, 5.41) is 4.05. The molecule has 0 radical (unpaired) electrons. The van der Waals surface area contributed by atoms with Crippen LogP contribution in [0.3, 0.4) is 0 Å². The van der Waals surface area contributed by atoms with Crippen molar-refractivity contribution in [1.29, 1.82) is 0 Å². The molecule has 0 saturated carbocycles. The molecule has 0 spiro atoms. The summed E-state index contributed by atoms with van der Waals surface area (Å²) in [6.07, 6.45) is 0.882. The van der Waals surface area contributed by atoms with Gasteiger partial charge in [-0.3, -0.25) is 0 Å². The lowest BCUT2D eigenvalue weighted by molar-refractivity contribution is 0.0120. The van der Waals surface area contributed by atoms with E-state index in [1.165, 1.54) is 13.4 Å². The number of oxime groups is 1. The molecule has 3 rings (SSSR count). The van der Waals surface area contributed by atoms with E-state index in [9.17, 15) is 0 Å². The third-order valence-corrected chi connectivity index (χ3v) is 3.19. The molecule has 7 nitrogen and oxygen atoms in total. The number of aromatic nitrogens is 2. The Hall–Kier alpha value is -2.51. The highest BCUT2D eigenvalue weighted by Gasteiger charge is 2.27. The van der Waals surface area contributed by atoms with Crippen molar-refractivity contribution in [2.75, 3.05) is 20.3 Å². The Morgan fingerprint density at radius 1 is 1.22 bits per heavy atom. The molecule has 23 heavy (non-hydrogen) atoms. The molecule has 0 N–H and O–H groups in total. The lowest BCUT2D eigenvalue weighted by atomic mass is 10.1. The first kappa shape index (κ1) is 15.4. The Labute approximate surface area is 133 Å². The Morgan fingerprint density at radius 2 is 2.00 bits per heavy atom. The molecule has 0 aliphatic carbocycles. The minimum Gasteiger partial charge on any atom is -0.438 e. The van der Waals surface area contributed by atoms with Gasteiger partial charge < -0.3 is 19.0 Å². The van der Waals surface area contributed by atoms with E-state index in [1.54, 1.807) is 6.07 Å². The van der Waals surface area contributed by atoms with Crippen LogP contribution in [-0.2, 0) is 14.3 Å². The molecule has 120 valence electrons. The molecular weight excluding hydrogens is 298 g/mol. The SMILES string of the molecule is CON=C(c1ccccc1Oc1cc(C)ncn1)C1OCCO1. The first-order valence-corrected chi connectivity index (χ1v) is 7.18. The van der Waals surface area contributed by atoms with Crippen LogP contribution in [0.2, 0.25) is 0 Å². The van der Waals surface area contributed by atoms with Crippen molar-refractivity contribution in [2.45, 2.75) is 13.2 Å². The Kier molecular flexibility index (Phi) is 4.80. The van der Waals surface area contributed by atoms with Gasteiger partial charge in [-0.1, -0.05) is 17.3 Å². The summed E-state index contributed by atoms with van der Waals surface area (Å²) in [5.41, 5.74) is 2.06. The zero-order chi connectivity index (χ0) is 16.1. The van der Waals surface area contributed by atoms with Crippen molar-refractivity contribution < 1.29 is 19.0 Å². The van der Waals surface area contributed by atoms with E-state index in [0.29, 0.717) is 30.6 Å². The predicted molar refractivity (Wildman–Crippen MR) is 82.5 cm³/mol. The summed E-state index contributed by atoms with van der Waals surface area (Å²) in [4.78, 5) is 13.1. The van der Waals surface area contributed by atoms with E-state index in [1.807, 2.05) is 31.2 Å². The van der Waals surface area contributed by atoms with E-state index in [-0.39, 0.29) is 0 Å². The minimum atomic E-state index is -0.577. The summed E-state index contributed by atoms with van der Waals surface area (Å²) in [7, 11) is 1.48. The lowest BCUT2D eigenvalue weighted by Crippen LogP contribution is -2.23. The predicted octanol–water partition coefficient (Wildman–Crippen LogP) is 2.30. The number of nitrogens with zero attached hydrogens (tertiary/aromatic N) is 3. The standard InChI is InChI=1S/C16H17N3O4/c1-11-9-14(18-10-17-11)23-13-6-4-3-5-12(13)15(19-20-2)16-21-7-8-22-16/h3-6,9-10,16H,7-8H2,1-2H3. The van der Waals surface area contributed by atoms with Crippen molar-refractivity contribution in [3.63, 3.8) is 0 Å². The zero-order valence-corrected chi connectivity index (χ0v) is 12.9. The van der Waals surface area contributed by atoms with Crippen LogP contribution in [0.25, 0.3) is 0 Å². The van der Waals surface area contributed by atoms with E-state index < -0.39 is 6.29 Å². The van der Waals surface area contributed by atoms with Crippen molar-refractivity contribution in [3.8, 4) is 11.6 Å². The van der Waals surface area contributed by atoms with Gasteiger partial charge in [-0.15, -0.1) is 0 Å². The maximum atomic E-state index is 5.88. The molecule has 0 unspecified atom stereocenters. The molecule has 0 amide bonds. The maximum Gasteiger partial charge on any atom is 0.222 e. The Morgan fingerprint density at radius 3 is 2.74 bits per heavy atom. The zero-order valence-electron chi connectivity index (χ0n) is 12.9. The lowest BCUT2D eigenvalue weighted by Gasteiger charge is -2.15. The van der Waals surface area contributed by atoms with Crippen LogP contribution >= 0.6 is 0 Å². The largest absolute Gasteiger partial charge is 0.438 e. The second kappa shape index (κ2) is 7.17. The minimum absolute atomic E-state index is 0.454. The molecule has 2 heterocycles. The summed E-state index contributed by atoms with van der Waals surface area (Å²) in [5.74, 6) is 1.04. The summed E-state index contributed by atoms with van der Waals surface area (Å²) in [6.45, 7) is 2.90. The van der Waals surface area contributed by atoms with E-state index in [4.69, 9.17) is 19.0 Å². The van der Waals surface area contributed by atoms with Crippen LogP contribution in [-0.4, -0.2) is 42.3 Å². The second-order valence-electron chi connectivity index (χ2n) is 4.83. The van der Waals surface area contributed by atoms with Crippen molar-refractivity contribution >= 4 is 5.71 Å². The summed E-state index contributed by atoms with van der Waals surface area (Å²) in [6, 6.07) is 9.20. The Balaban J connectivity index is 1.94. The van der Waals surface area contributed by atoms with Gasteiger partial charge in [0.2, 0.25) is 12.2 Å². The second-order valence-corrected chi connectivity index (χ2v) is 4.83. The molecule has 0 bridgehead atoms. The van der Waals surface area contributed by atoms with Crippen LogP contribution in [0.4, 0.5) is 0 Å². The maximum absolute atomic E-state index is 5.88. The average Bonchev–Trinajstić information content (AvgIpc) is 3.08. The molecule has 1 aliphatic rings. The van der Waals surface area contributed by atoms with Gasteiger partial charge in [0.05, 0.1) is 13.2 Å². The summed E-state index contributed by atoms with van der Waals surface area (Å²) < 4.78 is 16.9. The highest BCUT2D eigenvalue weighted by atomic mass is 16.7. The van der Waals surface area contributed by atoms with E-state index in [0.717, 1.165) is 11.3 Å². The fourth-order valence-corrected chi connectivity index (χ4v) is 2.20. The average molecular weight is 315 g/mol. The monoisotopic (exact) mass is 315 g/mol. The molecule has 1 aromatic carbocycles. The van der Waals surface area contributed by atoms with Crippen molar-refractivity contribution in [2.24, 2.45) is 5.16 Å². The number of rotatable bonds is 5. The van der Waals surface area contributed by atoms with Crippen molar-refractivity contribution in [3.05, 3.63) is 47.9 Å². The molecule has 1 saturated heterocycles. The highest BCUT2D eigenvalue weighted by molar-refractivity contribution is 6.05. The van der Waals surface area contributed by atoms with Gasteiger partial charge in [0, 0.05) is 17.3 Å². The Bertz CT molecular complexity index is 699. The molecular formula is C16H17N3O4. The van der Waals surface area contributed by atoms with Crippen LogP contribution in [0.1, 0.15) is 11.3 Å². The van der Waals surface area contributed by atoms with Gasteiger partial charge in [0.15, 0.2) is 0 Å². The molecule has 1 aliphatic heterocycles. The van der Waals surface area contributed by atoms with Gasteiger partial charge in [-0.25, -0.2) is 9.97 Å². The van der Waals surface area contributed by atoms with Crippen LogP contribution in [0.5, 0.6) is 11.6 Å². The number of para-hydroxylation sites is 1. The van der Waals surface area contributed by atoms with Gasteiger partial charge in [-0.2, -0.15) is 0 Å². The molecule has 1 aromatic heterocycles. The molecule has 2 aromatic rings. The van der Waals surface area contributed by atoms with Crippen LogP contribution in [0.15, 0.2) is 41.8 Å². The van der Waals surface area contributed by atoms with Gasteiger partial charge in [0.1, 0.15) is 24.9 Å². The topological polar surface area (TPSA) is 75.1 Å². The number of ether oxygens (including phenoxy) is 3. The van der Waals surface area contributed by atoms with Crippen LogP contribution < -0.4 is 4.74 Å². The number of hydrogen-bond donors (Lipinski definition) is 0. The third kappa shape index (κ3) is 3.64. The number of aryl methyl sites for hydroxylation is 1. The van der Waals surface area contributed by atoms with E-state index >= 15 is 0 Å². The van der Waals surface area contributed by atoms with Gasteiger partial charge in [-0.05, 0) is 19.1 Å². The highest BCUT2D eigenvalue weighted by Crippen LogP contribution is 2.27. The first-order chi connectivity index (χ1) is 11.3. The quantitative estimate of drug-likeness (QED) is 0.622. The molecule has 7 heteroatoms. The number of hydrogen-bond acceptors (Lipinski definition) is 7. The normalized spacial score (nSPS) is 15.7. The fourth-order valence-electron chi connectivity index (χ4n) is 2.20. The van der Waals surface area contributed by atoms with Crippen molar-refractivity contribution in [1.82, 2.24) is 9.97 Å². The fraction of sp³-hybridized carbons (Fsp3) is 0.312. The molecule has 1 fully saturated rings. The van der Waals surface area contributed by atoms with Crippen LogP contribution in [0, 0.1) is 6.92 Å². The van der Waals surface area contributed by atoms with Gasteiger partial charge >= 0.3 is 0 Å². The third-order valence-electron chi connectivity index (χ3n) is 3.19. The first-order valence-electron chi connectivity index (χ1n) is 7.18. The molecule has 0 atom stereocenters. The van der Waals surface area contributed by atoms with Gasteiger partial charge in [0.25, 0.3) is 0 Å².